The third kappa shape index (κ3) is 2.92. The number of hydrogen-bond acceptors (Lipinski definition) is 4. The number of fused-ring (bicyclic) bond motifs is 2. The van der Waals surface area contributed by atoms with Crippen LogP contribution in [0, 0.1) is 16.7 Å². The van der Waals surface area contributed by atoms with E-state index in [0.29, 0.717) is 5.75 Å². The Kier molecular flexibility index (Phi) is 4.86. The molecule has 5 nitrogen and oxygen atoms in total. The van der Waals surface area contributed by atoms with Crippen LogP contribution in [0.5, 0.6) is 5.75 Å². The van der Waals surface area contributed by atoms with Crippen LogP contribution in [0.2, 0.25) is 0 Å². The molecule has 0 spiro atoms. The Bertz CT molecular complexity index is 696. The van der Waals surface area contributed by atoms with Crippen LogP contribution in [0.25, 0.3) is 0 Å². The smallest absolute Gasteiger partial charge is 0.235 e. The predicted molar refractivity (Wildman–Crippen MR) is 98.7 cm³/mol. The van der Waals surface area contributed by atoms with Crippen molar-refractivity contribution in [2.75, 3.05) is 13.2 Å². The molecule has 0 aromatic heterocycles. The summed E-state index contributed by atoms with van der Waals surface area (Å²) in [6.07, 6.45) is 1.51. The summed E-state index contributed by atoms with van der Waals surface area (Å²) in [7, 11) is 0. The number of β-amino-alcohol motifs (C(OH)–C–C–N with tert-alkyl or cyclic N) is 1. The normalized spacial score (nSPS) is 28.3. The Morgan fingerprint density at radius 2 is 1.88 bits per heavy atom. The maximum atomic E-state index is 13.0. The third-order valence-electron chi connectivity index (χ3n) is 6.67. The van der Waals surface area contributed by atoms with Crippen molar-refractivity contribution in [2.45, 2.75) is 53.1 Å². The maximum Gasteiger partial charge on any atom is 0.235 e. The molecular formula is C21H29NO4. The molecule has 0 unspecified atom stereocenters. The molecular weight excluding hydrogens is 330 g/mol. The zero-order chi connectivity index (χ0) is 19.1. The second-order valence-corrected chi connectivity index (χ2v) is 8.36. The number of aliphatic hydroxyl groups is 1. The van der Waals surface area contributed by atoms with Crippen LogP contribution >= 0.6 is 0 Å². The largest absolute Gasteiger partial charge is 0.491 e. The zero-order valence-corrected chi connectivity index (χ0v) is 16.1. The van der Waals surface area contributed by atoms with Gasteiger partial charge in [0.1, 0.15) is 18.5 Å². The van der Waals surface area contributed by atoms with Gasteiger partial charge in [-0.1, -0.05) is 39.8 Å². The summed E-state index contributed by atoms with van der Waals surface area (Å²) < 4.78 is 5.62. The van der Waals surface area contributed by atoms with Crippen molar-refractivity contribution >= 4 is 11.8 Å². The highest BCUT2D eigenvalue weighted by molar-refractivity contribution is 6.03. The van der Waals surface area contributed by atoms with Crippen LogP contribution in [0.15, 0.2) is 24.3 Å². The molecule has 26 heavy (non-hydrogen) atoms. The number of hydrogen-bond donors (Lipinski definition) is 1. The predicted octanol–water partition coefficient (Wildman–Crippen LogP) is 2.80. The second-order valence-electron chi connectivity index (χ2n) is 8.36. The van der Waals surface area contributed by atoms with Gasteiger partial charge in [-0.05, 0) is 42.4 Å². The highest BCUT2D eigenvalue weighted by atomic mass is 16.5. The lowest BCUT2D eigenvalue weighted by Crippen LogP contribution is -2.60. The number of aryl methyl sites for hydroxylation is 1. The number of amides is 2. The van der Waals surface area contributed by atoms with Crippen LogP contribution in [0.1, 0.15) is 46.1 Å². The number of carbonyl (C=O) groups excluding carboxylic acids is 2. The van der Waals surface area contributed by atoms with E-state index in [9.17, 15) is 14.7 Å². The molecule has 1 aromatic rings. The first-order valence-corrected chi connectivity index (χ1v) is 9.46. The first-order valence-electron chi connectivity index (χ1n) is 9.46. The second kappa shape index (κ2) is 6.69. The van der Waals surface area contributed by atoms with Gasteiger partial charge in [0.05, 0.1) is 12.0 Å². The molecule has 3 rings (SSSR count). The van der Waals surface area contributed by atoms with Crippen molar-refractivity contribution in [3.8, 4) is 5.75 Å². The van der Waals surface area contributed by atoms with E-state index in [2.05, 4.69) is 6.92 Å². The zero-order valence-electron chi connectivity index (χ0n) is 16.1. The third-order valence-corrected chi connectivity index (χ3v) is 6.67. The number of aliphatic hydroxyl groups excluding tert-OH is 1. The number of carbonyl (C=O) groups is 2. The fourth-order valence-corrected chi connectivity index (χ4v) is 4.35. The summed E-state index contributed by atoms with van der Waals surface area (Å²) >= 11 is 0. The lowest BCUT2D eigenvalue weighted by molar-refractivity contribution is -0.169. The molecule has 1 aliphatic heterocycles. The molecule has 3 atom stereocenters. The average molecular weight is 359 g/mol. The van der Waals surface area contributed by atoms with Gasteiger partial charge in [0.2, 0.25) is 11.8 Å². The van der Waals surface area contributed by atoms with Gasteiger partial charge in [-0.25, -0.2) is 0 Å². The summed E-state index contributed by atoms with van der Waals surface area (Å²) in [5.74, 6) is 0.208. The van der Waals surface area contributed by atoms with Crippen molar-refractivity contribution < 1.29 is 19.4 Å². The minimum Gasteiger partial charge on any atom is -0.491 e. The Morgan fingerprint density at radius 3 is 2.50 bits per heavy atom. The summed E-state index contributed by atoms with van der Waals surface area (Å²) in [5, 5.41) is 10.3. The van der Waals surface area contributed by atoms with Gasteiger partial charge < -0.3 is 9.84 Å². The Balaban J connectivity index is 1.63. The molecule has 0 radical (unpaired) electrons. The monoisotopic (exact) mass is 359 g/mol. The van der Waals surface area contributed by atoms with Crippen molar-refractivity contribution in [3.05, 3.63) is 29.8 Å². The Hall–Kier alpha value is -1.88. The first kappa shape index (κ1) is 18.9. The fraction of sp³-hybridized carbons (Fsp3) is 0.619. The SMILES string of the molecule is CCc1ccc(OC[C@H](O)CN2C(=O)[C@H]3CC[C@@](C)(C2=O)C3(C)C)cc1. The molecule has 1 heterocycles. The van der Waals surface area contributed by atoms with Gasteiger partial charge >= 0.3 is 0 Å². The summed E-state index contributed by atoms with van der Waals surface area (Å²) in [5.41, 5.74) is 0.344. The van der Waals surface area contributed by atoms with Crippen LogP contribution in [0.4, 0.5) is 0 Å². The molecule has 1 aliphatic carbocycles. The van der Waals surface area contributed by atoms with E-state index in [0.717, 1.165) is 19.3 Å². The molecule has 2 bridgehead atoms. The van der Waals surface area contributed by atoms with Gasteiger partial charge in [0, 0.05) is 5.92 Å². The van der Waals surface area contributed by atoms with Crippen LogP contribution in [-0.2, 0) is 16.0 Å². The van der Waals surface area contributed by atoms with Gasteiger partial charge in [0.15, 0.2) is 0 Å². The molecule has 1 aromatic carbocycles. The summed E-state index contributed by atoms with van der Waals surface area (Å²) in [6.45, 7) is 8.10. The number of likely N-dealkylation sites (tertiary alicyclic amines) is 1. The Morgan fingerprint density at radius 1 is 1.23 bits per heavy atom. The topological polar surface area (TPSA) is 66.8 Å². The summed E-state index contributed by atoms with van der Waals surface area (Å²) in [4.78, 5) is 27.0. The number of benzene rings is 1. The molecule has 1 saturated carbocycles. The van der Waals surface area contributed by atoms with Gasteiger partial charge in [0.25, 0.3) is 0 Å². The number of imide groups is 1. The quantitative estimate of drug-likeness (QED) is 0.793. The van der Waals surface area contributed by atoms with E-state index in [1.807, 2.05) is 45.0 Å². The van der Waals surface area contributed by atoms with Crippen LogP contribution in [0.3, 0.4) is 0 Å². The molecule has 5 heteroatoms. The first-order chi connectivity index (χ1) is 12.2. The summed E-state index contributed by atoms with van der Waals surface area (Å²) in [6, 6.07) is 7.71. The highest BCUT2D eigenvalue weighted by Crippen LogP contribution is 2.60. The minimum absolute atomic E-state index is 0.00706. The van der Waals surface area contributed by atoms with Gasteiger partial charge in [-0.2, -0.15) is 0 Å². The van der Waals surface area contributed by atoms with Crippen LogP contribution in [-0.4, -0.2) is 41.1 Å². The number of nitrogens with zero attached hydrogens (tertiary/aromatic N) is 1. The molecule has 1 N–H and O–H groups in total. The molecule has 2 fully saturated rings. The standard InChI is InChI=1S/C21H29NO4/c1-5-14-6-8-16(9-7-14)26-13-15(23)12-22-18(24)17-10-11-21(4,19(22)25)20(17,2)3/h6-9,15,17,23H,5,10-13H2,1-4H3/t15-,17-,21+/m1/s1. The van der Waals surface area contributed by atoms with E-state index in [4.69, 9.17) is 4.74 Å². The maximum absolute atomic E-state index is 13.0. The molecule has 142 valence electrons. The minimum atomic E-state index is -0.905. The van der Waals surface area contributed by atoms with Crippen molar-refractivity contribution in [2.24, 2.45) is 16.7 Å². The van der Waals surface area contributed by atoms with Gasteiger partial charge in [-0.15, -0.1) is 0 Å². The van der Waals surface area contributed by atoms with Crippen molar-refractivity contribution in [1.29, 1.82) is 0 Å². The number of ether oxygens (including phenoxy) is 1. The van der Waals surface area contributed by atoms with E-state index in [1.54, 1.807) is 0 Å². The molecule has 1 saturated heterocycles. The molecule has 2 amide bonds. The van der Waals surface area contributed by atoms with Crippen molar-refractivity contribution in [1.82, 2.24) is 4.90 Å². The van der Waals surface area contributed by atoms with Crippen molar-refractivity contribution in [3.63, 3.8) is 0 Å². The molecule has 2 aliphatic rings. The lowest BCUT2D eigenvalue weighted by Gasteiger charge is -2.48. The highest BCUT2D eigenvalue weighted by Gasteiger charge is 2.64. The van der Waals surface area contributed by atoms with Gasteiger partial charge in [-0.3, -0.25) is 14.5 Å². The van der Waals surface area contributed by atoms with E-state index in [1.165, 1.54) is 10.5 Å². The Labute approximate surface area is 155 Å². The number of rotatable bonds is 6. The van der Waals surface area contributed by atoms with E-state index >= 15 is 0 Å². The number of piperidine rings is 1. The fourth-order valence-electron chi connectivity index (χ4n) is 4.35. The van der Waals surface area contributed by atoms with Crippen LogP contribution < -0.4 is 4.74 Å². The lowest BCUT2D eigenvalue weighted by atomic mass is 9.62. The van der Waals surface area contributed by atoms with E-state index in [-0.39, 0.29) is 36.3 Å². The average Bonchev–Trinajstić information content (AvgIpc) is 2.81. The van der Waals surface area contributed by atoms with E-state index < -0.39 is 11.5 Å².